The molecule has 1 aromatic rings. The third kappa shape index (κ3) is 3.95. The zero-order valence-electron chi connectivity index (χ0n) is 11.1. The zero-order chi connectivity index (χ0) is 13.0. The molecule has 17 heavy (non-hydrogen) atoms. The molecule has 0 atom stereocenters. The highest BCUT2D eigenvalue weighted by atomic mass is 79.9. The molecule has 0 radical (unpaired) electrons. The molecule has 0 bridgehead atoms. The number of Topliss-reactive ketones (excluding diaryl/α,β-unsaturated/α-hetero) is 1. The van der Waals surface area contributed by atoms with E-state index in [1.807, 2.05) is 11.7 Å². The highest BCUT2D eigenvalue weighted by Gasteiger charge is 2.15. The van der Waals surface area contributed by atoms with Crippen molar-refractivity contribution in [1.29, 1.82) is 0 Å². The number of aromatic nitrogens is 2. The summed E-state index contributed by atoms with van der Waals surface area (Å²) in [7, 11) is 1.90. The smallest absolute Gasteiger partial charge is 0.138 e. The largest absolute Gasteiger partial charge is 0.299 e. The maximum absolute atomic E-state index is 11.9. The number of halogens is 1. The van der Waals surface area contributed by atoms with E-state index in [2.05, 4.69) is 41.8 Å². The van der Waals surface area contributed by atoms with E-state index < -0.39 is 0 Å². The first-order chi connectivity index (χ1) is 7.95. The topological polar surface area (TPSA) is 34.9 Å². The van der Waals surface area contributed by atoms with Gasteiger partial charge in [-0.3, -0.25) is 9.48 Å². The summed E-state index contributed by atoms with van der Waals surface area (Å²) in [4.78, 5) is 11.9. The Bertz CT molecular complexity index is 396. The summed E-state index contributed by atoms with van der Waals surface area (Å²) in [5.41, 5.74) is 2.02. The van der Waals surface area contributed by atoms with Crippen LogP contribution in [-0.2, 0) is 24.7 Å². The zero-order valence-corrected chi connectivity index (χ0v) is 12.7. The number of nitrogens with zero attached hydrogens (tertiary/aromatic N) is 2. The van der Waals surface area contributed by atoms with Crippen LogP contribution in [0.3, 0.4) is 0 Å². The van der Waals surface area contributed by atoms with Gasteiger partial charge in [-0.25, -0.2) is 0 Å². The van der Waals surface area contributed by atoms with Crippen molar-refractivity contribution in [1.82, 2.24) is 9.78 Å². The lowest BCUT2D eigenvalue weighted by Crippen LogP contribution is -2.08. The number of carbonyl (C=O) groups excluding carboxylic acids is 1. The molecular weight excluding hydrogens is 280 g/mol. The Morgan fingerprint density at radius 3 is 2.59 bits per heavy atom. The Hall–Kier alpha value is -0.640. The van der Waals surface area contributed by atoms with E-state index in [4.69, 9.17) is 0 Å². The minimum Gasteiger partial charge on any atom is -0.299 e. The van der Waals surface area contributed by atoms with E-state index >= 15 is 0 Å². The molecule has 0 aliphatic heterocycles. The predicted octanol–water partition coefficient (Wildman–Crippen LogP) is 3.29. The van der Waals surface area contributed by atoms with Gasteiger partial charge in [0.15, 0.2) is 0 Å². The highest BCUT2D eigenvalue weighted by Crippen LogP contribution is 2.22. The van der Waals surface area contributed by atoms with E-state index in [0.717, 1.165) is 28.7 Å². The van der Waals surface area contributed by atoms with Crippen LogP contribution < -0.4 is 0 Å². The van der Waals surface area contributed by atoms with E-state index in [-0.39, 0.29) is 0 Å². The molecule has 4 heteroatoms. The fraction of sp³-hybridized carbons (Fsp3) is 0.692. The standard InChI is InChI=1S/C13H21BrN2O/c1-5-11-13(14)12(16(4)15-11)8-10(17)7-6-9(2)3/h9H,5-8H2,1-4H3. The van der Waals surface area contributed by atoms with Gasteiger partial charge in [0.1, 0.15) is 5.78 Å². The number of carbonyl (C=O) groups is 1. The van der Waals surface area contributed by atoms with E-state index in [9.17, 15) is 4.79 Å². The van der Waals surface area contributed by atoms with Crippen molar-refractivity contribution in [3.8, 4) is 0 Å². The third-order valence-corrected chi connectivity index (χ3v) is 3.78. The maximum atomic E-state index is 11.9. The molecule has 0 unspecified atom stereocenters. The first kappa shape index (κ1) is 14.4. The van der Waals surface area contributed by atoms with Crippen molar-refractivity contribution in [2.45, 2.75) is 46.5 Å². The summed E-state index contributed by atoms with van der Waals surface area (Å²) >= 11 is 3.54. The molecule has 0 saturated carbocycles. The van der Waals surface area contributed by atoms with Crippen molar-refractivity contribution >= 4 is 21.7 Å². The van der Waals surface area contributed by atoms with E-state index in [1.54, 1.807) is 0 Å². The van der Waals surface area contributed by atoms with Gasteiger partial charge in [-0.2, -0.15) is 5.10 Å². The van der Waals surface area contributed by atoms with Crippen molar-refractivity contribution in [2.24, 2.45) is 13.0 Å². The summed E-state index contributed by atoms with van der Waals surface area (Å²) in [6.07, 6.45) is 3.00. The van der Waals surface area contributed by atoms with Crippen LogP contribution in [0.2, 0.25) is 0 Å². The molecule has 0 aliphatic rings. The number of hydrogen-bond donors (Lipinski definition) is 0. The van der Waals surface area contributed by atoms with Crippen LogP contribution in [0.1, 0.15) is 45.0 Å². The Morgan fingerprint density at radius 2 is 2.12 bits per heavy atom. The Kier molecular flexibility index (Phi) is 5.37. The van der Waals surface area contributed by atoms with Gasteiger partial charge in [0.25, 0.3) is 0 Å². The molecule has 0 N–H and O–H groups in total. The molecule has 0 saturated heterocycles. The lowest BCUT2D eigenvalue weighted by molar-refractivity contribution is -0.118. The first-order valence-corrected chi connectivity index (χ1v) is 6.96. The second-order valence-corrected chi connectivity index (χ2v) is 5.63. The van der Waals surface area contributed by atoms with Gasteiger partial charge in [0.05, 0.1) is 15.9 Å². The van der Waals surface area contributed by atoms with Crippen LogP contribution in [0, 0.1) is 5.92 Å². The molecule has 1 rings (SSSR count). The van der Waals surface area contributed by atoms with Gasteiger partial charge in [-0.15, -0.1) is 0 Å². The summed E-state index contributed by atoms with van der Waals surface area (Å²) in [5, 5.41) is 4.39. The molecule has 1 aromatic heterocycles. The second-order valence-electron chi connectivity index (χ2n) is 4.83. The molecule has 0 amide bonds. The number of aryl methyl sites for hydroxylation is 2. The molecule has 0 aromatic carbocycles. The van der Waals surface area contributed by atoms with Gasteiger partial charge >= 0.3 is 0 Å². The molecule has 0 aliphatic carbocycles. The van der Waals surface area contributed by atoms with Gasteiger partial charge in [0, 0.05) is 19.9 Å². The molecule has 0 spiro atoms. The Morgan fingerprint density at radius 1 is 1.47 bits per heavy atom. The quantitative estimate of drug-likeness (QED) is 0.808. The van der Waals surface area contributed by atoms with Crippen molar-refractivity contribution < 1.29 is 4.79 Å². The molecule has 0 fully saturated rings. The van der Waals surface area contributed by atoms with Crippen LogP contribution in [0.25, 0.3) is 0 Å². The fourth-order valence-electron chi connectivity index (χ4n) is 1.74. The van der Waals surface area contributed by atoms with Crippen LogP contribution in [0.4, 0.5) is 0 Å². The summed E-state index contributed by atoms with van der Waals surface area (Å²) in [6.45, 7) is 6.35. The lowest BCUT2D eigenvalue weighted by atomic mass is 10.0. The second kappa shape index (κ2) is 6.34. The van der Waals surface area contributed by atoms with Crippen LogP contribution in [0.15, 0.2) is 4.47 Å². The fourth-order valence-corrected chi connectivity index (χ4v) is 2.49. The van der Waals surface area contributed by atoms with Crippen LogP contribution in [-0.4, -0.2) is 15.6 Å². The summed E-state index contributed by atoms with van der Waals surface area (Å²) in [5.74, 6) is 0.880. The van der Waals surface area contributed by atoms with Crippen molar-refractivity contribution in [2.75, 3.05) is 0 Å². The lowest BCUT2D eigenvalue weighted by Gasteiger charge is -2.05. The van der Waals surface area contributed by atoms with Crippen LogP contribution >= 0.6 is 15.9 Å². The normalized spacial score (nSPS) is 11.2. The number of hydrogen-bond acceptors (Lipinski definition) is 2. The molecule has 96 valence electrons. The third-order valence-electron chi connectivity index (χ3n) is 2.87. The summed E-state index contributed by atoms with van der Waals surface area (Å²) in [6, 6.07) is 0. The predicted molar refractivity (Wildman–Crippen MR) is 73.1 cm³/mol. The van der Waals surface area contributed by atoms with Crippen molar-refractivity contribution in [3.05, 3.63) is 15.9 Å². The number of ketones is 1. The van der Waals surface area contributed by atoms with Crippen LogP contribution in [0.5, 0.6) is 0 Å². The minimum absolute atomic E-state index is 0.296. The maximum Gasteiger partial charge on any atom is 0.138 e. The summed E-state index contributed by atoms with van der Waals surface area (Å²) < 4.78 is 2.82. The SMILES string of the molecule is CCc1nn(C)c(CC(=O)CCC(C)C)c1Br. The first-order valence-electron chi connectivity index (χ1n) is 6.17. The monoisotopic (exact) mass is 300 g/mol. The molecule has 1 heterocycles. The van der Waals surface area contributed by atoms with Crippen molar-refractivity contribution in [3.63, 3.8) is 0 Å². The average molecular weight is 301 g/mol. The van der Waals surface area contributed by atoms with Gasteiger partial charge < -0.3 is 0 Å². The van der Waals surface area contributed by atoms with E-state index in [1.165, 1.54) is 0 Å². The minimum atomic E-state index is 0.296. The van der Waals surface area contributed by atoms with Gasteiger partial charge in [0.2, 0.25) is 0 Å². The average Bonchev–Trinajstić information content (AvgIpc) is 2.53. The molecule has 3 nitrogen and oxygen atoms in total. The highest BCUT2D eigenvalue weighted by molar-refractivity contribution is 9.10. The number of rotatable bonds is 6. The Labute approximate surface area is 112 Å². The van der Waals surface area contributed by atoms with E-state index in [0.29, 0.717) is 24.5 Å². The van der Waals surface area contributed by atoms with Gasteiger partial charge in [-0.05, 0) is 34.7 Å². The Balaban J connectivity index is 2.68. The molecular formula is C13H21BrN2O. The van der Waals surface area contributed by atoms with Gasteiger partial charge in [-0.1, -0.05) is 20.8 Å².